The fourth-order valence-corrected chi connectivity index (χ4v) is 2.57. The van der Waals surface area contributed by atoms with Gasteiger partial charge in [-0.15, -0.1) is 0 Å². The number of non-ortho nitro benzene ring substituents is 1. The molecule has 0 fully saturated rings. The summed E-state index contributed by atoms with van der Waals surface area (Å²) < 4.78 is 5.77. The number of ether oxygens (including phenoxy) is 1. The highest BCUT2D eigenvalue weighted by molar-refractivity contribution is 6.06. The molecule has 0 aromatic heterocycles. The fraction of sp³-hybridized carbons (Fsp3) is 0.278. The van der Waals surface area contributed by atoms with Gasteiger partial charge in [-0.2, -0.15) is 5.10 Å². The van der Waals surface area contributed by atoms with Gasteiger partial charge in [0.1, 0.15) is 11.3 Å². The Bertz CT molecular complexity index is 865. The van der Waals surface area contributed by atoms with Crippen LogP contribution in [0, 0.1) is 20.2 Å². The molecule has 27 heavy (non-hydrogen) atoms. The lowest BCUT2D eigenvalue weighted by Crippen LogP contribution is -2.36. The van der Waals surface area contributed by atoms with Crippen LogP contribution in [-0.4, -0.2) is 27.8 Å². The number of rotatable bonds is 8. The van der Waals surface area contributed by atoms with Gasteiger partial charge in [-0.25, -0.2) is 0 Å². The Morgan fingerprint density at radius 3 is 2.33 bits per heavy atom. The van der Waals surface area contributed by atoms with Crippen LogP contribution in [0.15, 0.2) is 53.6 Å². The second kappa shape index (κ2) is 8.37. The van der Waals surface area contributed by atoms with Crippen molar-refractivity contribution >= 4 is 22.8 Å². The fourth-order valence-electron chi connectivity index (χ4n) is 2.57. The van der Waals surface area contributed by atoms with E-state index in [1.54, 1.807) is 0 Å². The lowest BCUT2D eigenvalue weighted by molar-refractivity contribution is -0.393. The zero-order chi connectivity index (χ0) is 20.0. The molecule has 0 unspecified atom stereocenters. The number of benzene rings is 2. The Balaban J connectivity index is 2.47. The van der Waals surface area contributed by atoms with Crippen molar-refractivity contribution in [1.82, 2.24) is 0 Å². The number of anilines is 1. The Labute approximate surface area is 156 Å². The molecular formula is C18H20N4O5. The van der Waals surface area contributed by atoms with Crippen LogP contribution in [0.2, 0.25) is 0 Å². The minimum absolute atomic E-state index is 0.0475. The van der Waals surface area contributed by atoms with Crippen LogP contribution in [-0.2, 0) is 4.74 Å². The van der Waals surface area contributed by atoms with E-state index in [0.717, 1.165) is 11.6 Å². The van der Waals surface area contributed by atoms with E-state index in [1.807, 2.05) is 51.1 Å². The summed E-state index contributed by atoms with van der Waals surface area (Å²) >= 11 is 0. The predicted molar refractivity (Wildman–Crippen MR) is 102 cm³/mol. The van der Waals surface area contributed by atoms with Crippen molar-refractivity contribution in [2.45, 2.75) is 26.4 Å². The van der Waals surface area contributed by atoms with Crippen LogP contribution in [0.5, 0.6) is 0 Å². The van der Waals surface area contributed by atoms with E-state index >= 15 is 0 Å². The Hall–Kier alpha value is -3.33. The van der Waals surface area contributed by atoms with Crippen LogP contribution in [0.4, 0.5) is 17.1 Å². The van der Waals surface area contributed by atoms with Gasteiger partial charge in [-0.05, 0) is 26.8 Å². The summed E-state index contributed by atoms with van der Waals surface area (Å²) in [6.45, 7) is 6.00. The number of hydrogen-bond acceptors (Lipinski definition) is 7. The molecule has 2 rings (SSSR count). The van der Waals surface area contributed by atoms with E-state index in [1.165, 1.54) is 12.1 Å². The van der Waals surface area contributed by atoms with Gasteiger partial charge in [-0.1, -0.05) is 30.3 Å². The van der Waals surface area contributed by atoms with Gasteiger partial charge in [0.15, 0.2) is 0 Å². The van der Waals surface area contributed by atoms with Crippen molar-refractivity contribution in [3.8, 4) is 0 Å². The molecule has 0 bridgehead atoms. The number of hydrazone groups is 1. The van der Waals surface area contributed by atoms with Gasteiger partial charge in [-0.3, -0.25) is 25.7 Å². The van der Waals surface area contributed by atoms with Gasteiger partial charge < -0.3 is 4.74 Å². The van der Waals surface area contributed by atoms with E-state index in [4.69, 9.17) is 4.74 Å². The lowest BCUT2D eigenvalue weighted by Gasteiger charge is -2.27. The van der Waals surface area contributed by atoms with Gasteiger partial charge in [0.25, 0.3) is 5.69 Å². The SMILES string of the molecule is CCOC(C)(C)/C(=N/Nc1ccc([N+](=O)[O-])cc1[N+](=O)[O-])c1ccccc1. The largest absolute Gasteiger partial charge is 0.369 e. The van der Waals surface area contributed by atoms with Crippen LogP contribution in [0.3, 0.4) is 0 Å². The molecule has 1 N–H and O–H groups in total. The molecule has 9 heteroatoms. The topological polar surface area (TPSA) is 120 Å². The van der Waals surface area contributed by atoms with Crippen molar-refractivity contribution in [2.24, 2.45) is 5.10 Å². The Kier molecular flexibility index (Phi) is 6.19. The van der Waals surface area contributed by atoms with Crippen LogP contribution in [0.1, 0.15) is 26.3 Å². The summed E-state index contributed by atoms with van der Waals surface area (Å²) in [4.78, 5) is 20.8. The first-order chi connectivity index (χ1) is 12.8. The van der Waals surface area contributed by atoms with Crippen molar-refractivity contribution in [1.29, 1.82) is 0 Å². The highest BCUT2D eigenvalue weighted by Crippen LogP contribution is 2.29. The second-order valence-corrected chi connectivity index (χ2v) is 6.10. The van der Waals surface area contributed by atoms with Gasteiger partial charge in [0.05, 0.1) is 21.6 Å². The average Bonchev–Trinajstić information content (AvgIpc) is 2.62. The number of nitrogens with one attached hydrogen (secondary N) is 1. The van der Waals surface area contributed by atoms with E-state index in [2.05, 4.69) is 10.5 Å². The first kappa shape index (κ1) is 20.0. The van der Waals surface area contributed by atoms with Crippen LogP contribution in [0.25, 0.3) is 0 Å². The summed E-state index contributed by atoms with van der Waals surface area (Å²) in [5.41, 5.74) is 2.47. The number of nitro groups is 2. The summed E-state index contributed by atoms with van der Waals surface area (Å²) in [6, 6.07) is 12.6. The predicted octanol–water partition coefficient (Wildman–Crippen LogP) is 4.13. The maximum Gasteiger partial charge on any atom is 0.301 e. The first-order valence-corrected chi connectivity index (χ1v) is 8.22. The summed E-state index contributed by atoms with van der Waals surface area (Å²) in [5, 5.41) is 26.5. The molecule has 0 saturated carbocycles. The summed E-state index contributed by atoms with van der Waals surface area (Å²) in [5.74, 6) is 0. The molecule has 0 spiro atoms. The third-order valence-electron chi connectivity index (χ3n) is 3.80. The Morgan fingerprint density at radius 1 is 1.11 bits per heavy atom. The number of nitro benzene ring substituents is 2. The molecule has 0 radical (unpaired) electrons. The van der Waals surface area contributed by atoms with E-state index < -0.39 is 21.1 Å². The van der Waals surface area contributed by atoms with Crippen LogP contribution < -0.4 is 5.43 Å². The number of nitrogens with zero attached hydrogens (tertiary/aromatic N) is 3. The van der Waals surface area contributed by atoms with Crippen molar-refractivity contribution < 1.29 is 14.6 Å². The molecule has 0 saturated heterocycles. The van der Waals surface area contributed by atoms with Crippen molar-refractivity contribution in [3.05, 3.63) is 74.3 Å². The van der Waals surface area contributed by atoms with Gasteiger partial charge in [0, 0.05) is 18.2 Å². The molecule has 0 atom stereocenters. The monoisotopic (exact) mass is 372 g/mol. The highest BCUT2D eigenvalue weighted by Gasteiger charge is 2.28. The molecule has 0 amide bonds. The molecule has 0 aliphatic carbocycles. The van der Waals surface area contributed by atoms with Gasteiger partial charge in [0.2, 0.25) is 0 Å². The molecule has 0 aliphatic rings. The average molecular weight is 372 g/mol. The third kappa shape index (κ3) is 4.85. The molecule has 2 aromatic rings. The van der Waals surface area contributed by atoms with Gasteiger partial charge >= 0.3 is 5.69 Å². The maximum atomic E-state index is 11.3. The second-order valence-electron chi connectivity index (χ2n) is 6.10. The smallest absolute Gasteiger partial charge is 0.301 e. The normalized spacial score (nSPS) is 11.9. The quantitative estimate of drug-likeness (QED) is 0.422. The maximum absolute atomic E-state index is 11.3. The van der Waals surface area contributed by atoms with Crippen molar-refractivity contribution in [3.63, 3.8) is 0 Å². The minimum Gasteiger partial charge on any atom is -0.369 e. The van der Waals surface area contributed by atoms with E-state index in [9.17, 15) is 20.2 Å². The number of hydrogen-bond donors (Lipinski definition) is 1. The molecular weight excluding hydrogens is 352 g/mol. The van der Waals surface area contributed by atoms with Crippen molar-refractivity contribution in [2.75, 3.05) is 12.0 Å². The summed E-state index contributed by atoms with van der Waals surface area (Å²) in [6.07, 6.45) is 0. The van der Waals surface area contributed by atoms with Crippen LogP contribution >= 0.6 is 0 Å². The molecule has 9 nitrogen and oxygen atoms in total. The highest BCUT2D eigenvalue weighted by atomic mass is 16.6. The minimum atomic E-state index is -0.765. The van der Waals surface area contributed by atoms with E-state index in [0.29, 0.717) is 12.3 Å². The Morgan fingerprint density at radius 2 is 1.78 bits per heavy atom. The lowest BCUT2D eigenvalue weighted by atomic mass is 9.95. The molecule has 142 valence electrons. The zero-order valence-corrected chi connectivity index (χ0v) is 15.2. The third-order valence-corrected chi connectivity index (χ3v) is 3.80. The zero-order valence-electron chi connectivity index (χ0n) is 15.2. The first-order valence-electron chi connectivity index (χ1n) is 8.22. The summed E-state index contributed by atoms with van der Waals surface area (Å²) in [7, 11) is 0. The molecule has 0 aliphatic heterocycles. The molecule has 0 heterocycles. The standard InChI is InChI=1S/C18H20N4O5/c1-4-27-18(2,3)17(13-8-6-5-7-9-13)20-19-15-11-10-14(21(23)24)12-16(15)22(25)26/h5-12,19H,4H2,1-3H3/b20-17+. The molecule has 2 aromatic carbocycles. The van der Waals surface area contributed by atoms with E-state index in [-0.39, 0.29) is 11.4 Å².